The number of nitrogens with one attached hydrogen (secondary N) is 2. The number of carbonyl (C=O) groups excluding carboxylic acids is 1. The van der Waals surface area contributed by atoms with Crippen LogP contribution in [0, 0.1) is 0 Å². The lowest BCUT2D eigenvalue weighted by atomic mass is 10.1. The molecule has 8 nitrogen and oxygen atoms in total. The fraction of sp³-hybridized carbons (Fsp3) is 0.278. The molecule has 3 heterocycles. The number of nitrogens with two attached hydrogens (primary N) is 1. The zero-order valence-electron chi connectivity index (χ0n) is 14.4. The van der Waals surface area contributed by atoms with E-state index in [1.54, 1.807) is 48.7 Å². The number of aromatic nitrogens is 2. The highest BCUT2D eigenvalue weighted by molar-refractivity contribution is 5.88. The Bertz CT molecular complexity index is 871. The highest BCUT2D eigenvalue weighted by Crippen LogP contribution is 2.22. The number of carbonyl (C=O) groups is 1. The third kappa shape index (κ3) is 3.92. The van der Waals surface area contributed by atoms with Gasteiger partial charge < -0.3 is 25.7 Å². The molecule has 0 radical (unpaired) electrons. The number of hydrogen-bond donors (Lipinski definition) is 3. The van der Waals surface area contributed by atoms with Crippen LogP contribution in [0.15, 0.2) is 47.5 Å². The summed E-state index contributed by atoms with van der Waals surface area (Å²) >= 11 is 0. The molecular formula is C18H21N5O3. The minimum absolute atomic E-state index is 0.0276. The lowest BCUT2D eigenvalue weighted by Gasteiger charge is -2.39. The van der Waals surface area contributed by atoms with Crippen molar-refractivity contribution in [2.75, 3.05) is 32.1 Å². The molecule has 26 heavy (non-hydrogen) atoms. The van der Waals surface area contributed by atoms with Gasteiger partial charge in [0, 0.05) is 49.7 Å². The quantitative estimate of drug-likeness (QED) is 0.654. The van der Waals surface area contributed by atoms with Crippen LogP contribution in [0.5, 0.6) is 5.75 Å². The van der Waals surface area contributed by atoms with Crippen LogP contribution >= 0.6 is 0 Å². The number of aromatic amines is 1. The van der Waals surface area contributed by atoms with E-state index in [0.717, 1.165) is 5.56 Å². The second kappa shape index (κ2) is 7.83. The zero-order chi connectivity index (χ0) is 18.5. The van der Waals surface area contributed by atoms with E-state index >= 15 is 0 Å². The number of hydrogen-bond acceptors (Lipinski definition) is 6. The molecule has 0 saturated carbocycles. The number of ether oxygens (including phenoxy) is 1. The number of pyridine rings is 2. The Morgan fingerprint density at radius 1 is 1.50 bits per heavy atom. The molecule has 1 amide bonds. The van der Waals surface area contributed by atoms with Crippen LogP contribution < -0.4 is 21.3 Å². The number of likely N-dealkylation sites (tertiary alicyclic amines) is 1. The Hall–Kier alpha value is -3.13. The molecule has 0 aliphatic carbocycles. The summed E-state index contributed by atoms with van der Waals surface area (Å²) in [5.41, 5.74) is 7.03. The second-order valence-electron chi connectivity index (χ2n) is 5.93. The fourth-order valence-corrected chi connectivity index (χ4v) is 2.68. The maximum absolute atomic E-state index is 12.1. The van der Waals surface area contributed by atoms with Crippen molar-refractivity contribution in [2.24, 2.45) is 5.73 Å². The summed E-state index contributed by atoms with van der Waals surface area (Å²) in [6.45, 7) is 1.41. The first-order valence-electron chi connectivity index (χ1n) is 8.26. The number of H-pyrrole nitrogens is 1. The lowest BCUT2D eigenvalue weighted by Crippen LogP contribution is -2.57. The van der Waals surface area contributed by atoms with Gasteiger partial charge >= 0.3 is 0 Å². The van der Waals surface area contributed by atoms with Gasteiger partial charge in [-0.2, -0.15) is 0 Å². The summed E-state index contributed by atoms with van der Waals surface area (Å²) in [5.74, 6) is 0.617. The van der Waals surface area contributed by atoms with E-state index in [0.29, 0.717) is 36.8 Å². The van der Waals surface area contributed by atoms with Crippen molar-refractivity contribution in [2.45, 2.75) is 6.04 Å². The van der Waals surface area contributed by atoms with Crippen molar-refractivity contribution in [1.82, 2.24) is 14.9 Å². The molecule has 3 rings (SSSR count). The average molecular weight is 355 g/mol. The van der Waals surface area contributed by atoms with Gasteiger partial charge in [-0.3, -0.25) is 14.6 Å². The van der Waals surface area contributed by atoms with E-state index < -0.39 is 0 Å². The van der Waals surface area contributed by atoms with Crippen LogP contribution in [0.25, 0.3) is 11.3 Å². The Balaban J connectivity index is 1.69. The van der Waals surface area contributed by atoms with Gasteiger partial charge in [0.2, 0.25) is 5.91 Å². The summed E-state index contributed by atoms with van der Waals surface area (Å²) in [6, 6.07) is 5.33. The Morgan fingerprint density at radius 2 is 2.31 bits per heavy atom. The molecule has 0 unspecified atom stereocenters. The average Bonchev–Trinajstić information content (AvgIpc) is 2.63. The summed E-state index contributed by atoms with van der Waals surface area (Å²) in [4.78, 5) is 32.6. The molecule has 4 N–H and O–H groups in total. The third-order valence-corrected chi connectivity index (χ3v) is 4.12. The van der Waals surface area contributed by atoms with Gasteiger partial charge in [-0.05, 0) is 12.1 Å². The maximum Gasteiger partial charge on any atom is 0.271 e. The predicted molar refractivity (Wildman–Crippen MR) is 99.0 cm³/mol. The Morgan fingerprint density at radius 3 is 3.04 bits per heavy atom. The zero-order valence-corrected chi connectivity index (χ0v) is 14.4. The van der Waals surface area contributed by atoms with Crippen LogP contribution in [0.2, 0.25) is 0 Å². The van der Waals surface area contributed by atoms with E-state index in [1.807, 2.05) is 0 Å². The topological polar surface area (TPSA) is 113 Å². The van der Waals surface area contributed by atoms with Gasteiger partial charge in [0.15, 0.2) is 0 Å². The van der Waals surface area contributed by atoms with Crippen LogP contribution in [-0.2, 0) is 4.79 Å². The monoisotopic (exact) mass is 355 g/mol. The Labute approximate surface area is 150 Å². The molecule has 1 aliphatic heterocycles. The summed E-state index contributed by atoms with van der Waals surface area (Å²) in [5, 5.41) is 3.18. The van der Waals surface area contributed by atoms with Gasteiger partial charge in [-0.1, -0.05) is 6.08 Å². The molecule has 0 bridgehead atoms. The number of anilines is 1. The molecule has 136 valence electrons. The fourth-order valence-electron chi connectivity index (χ4n) is 2.68. The van der Waals surface area contributed by atoms with Crippen molar-refractivity contribution in [3.63, 3.8) is 0 Å². The first kappa shape index (κ1) is 17.7. The smallest absolute Gasteiger partial charge is 0.271 e. The minimum Gasteiger partial charge on any atom is -0.497 e. The van der Waals surface area contributed by atoms with Crippen LogP contribution in [-0.4, -0.2) is 53.6 Å². The lowest BCUT2D eigenvalue weighted by molar-refractivity contribution is -0.129. The minimum atomic E-state index is -0.218. The molecule has 0 atom stereocenters. The summed E-state index contributed by atoms with van der Waals surface area (Å²) in [6.07, 6.45) is 6.36. The first-order chi connectivity index (χ1) is 12.6. The van der Waals surface area contributed by atoms with Gasteiger partial charge in [0.05, 0.1) is 18.8 Å². The van der Waals surface area contributed by atoms with E-state index in [2.05, 4.69) is 15.3 Å². The Kier molecular flexibility index (Phi) is 5.33. The van der Waals surface area contributed by atoms with Gasteiger partial charge in [-0.15, -0.1) is 0 Å². The van der Waals surface area contributed by atoms with Crippen LogP contribution in [0.4, 0.5) is 5.69 Å². The molecule has 2 aromatic heterocycles. The van der Waals surface area contributed by atoms with Crippen molar-refractivity contribution < 1.29 is 9.53 Å². The predicted octanol–water partition coefficient (Wildman–Crippen LogP) is 0.583. The largest absolute Gasteiger partial charge is 0.497 e. The van der Waals surface area contributed by atoms with Crippen molar-refractivity contribution >= 4 is 11.6 Å². The third-order valence-electron chi connectivity index (χ3n) is 4.12. The highest BCUT2D eigenvalue weighted by atomic mass is 16.5. The molecule has 1 fully saturated rings. The van der Waals surface area contributed by atoms with E-state index in [9.17, 15) is 9.59 Å². The van der Waals surface area contributed by atoms with E-state index in [4.69, 9.17) is 10.5 Å². The van der Waals surface area contributed by atoms with Crippen LogP contribution in [0.3, 0.4) is 0 Å². The van der Waals surface area contributed by atoms with Crippen molar-refractivity contribution in [3.05, 3.63) is 53.1 Å². The molecule has 0 aromatic carbocycles. The molecule has 1 aliphatic rings. The molecule has 8 heteroatoms. The van der Waals surface area contributed by atoms with Crippen molar-refractivity contribution in [3.8, 4) is 17.0 Å². The van der Waals surface area contributed by atoms with Gasteiger partial charge in [0.1, 0.15) is 11.4 Å². The molecular weight excluding hydrogens is 334 g/mol. The summed E-state index contributed by atoms with van der Waals surface area (Å²) < 4.78 is 5.21. The summed E-state index contributed by atoms with van der Waals surface area (Å²) in [7, 11) is 1.59. The number of nitrogens with zero attached hydrogens (tertiary/aromatic N) is 2. The maximum atomic E-state index is 12.1. The van der Waals surface area contributed by atoms with Crippen molar-refractivity contribution in [1.29, 1.82) is 0 Å². The molecule has 0 spiro atoms. The normalized spacial score (nSPS) is 14.3. The van der Waals surface area contributed by atoms with Crippen LogP contribution in [0.1, 0.15) is 0 Å². The SMILES string of the molecule is COc1ccnc(-c2c[nH]c(=O)c(NC3CN(C(=O)C=CCN)C3)c2)c1. The van der Waals surface area contributed by atoms with Gasteiger partial charge in [-0.25, -0.2) is 0 Å². The molecule has 1 saturated heterocycles. The van der Waals surface area contributed by atoms with Gasteiger partial charge in [0.25, 0.3) is 5.56 Å². The molecule has 2 aromatic rings. The number of methoxy groups -OCH3 is 1. The first-order valence-corrected chi connectivity index (χ1v) is 8.26. The number of rotatable bonds is 6. The van der Waals surface area contributed by atoms with E-state index in [1.165, 1.54) is 6.08 Å². The number of amides is 1. The second-order valence-corrected chi connectivity index (χ2v) is 5.93. The highest BCUT2D eigenvalue weighted by Gasteiger charge is 2.29. The standard InChI is InChI=1S/C18H21N5O3/c1-26-14-4-6-20-15(8-14)12-7-16(18(25)21-9-12)22-13-10-23(11-13)17(24)3-2-5-19/h2-4,6-9,13,22H,5,10-11,19H2,1H3,(H,21,25). The van der Waals surface area contributed by atoms with E-state index in [-0.39, 0.29) is 17.5 Å².